The molecule has 10 heteroatoms. The first-order valence-electron chi connectivity index (χ1n) is 12.9. The van der Waals surface area contributed by atoms with Gasteiger partial charge in [0.2, 0.25) is 0 Å². The summed E-state index contributed by atoms with van der Waals surface area (Å²) < 4.78 is 6.77. The summed E-state index contributed by atoms with van der Waals surface area (Å²) >= 11 is 1.23. The number of rotatable bonds is 10. The highest BCUT2D eigenvalue weighted by Gasteiger charge is 2.25. The quantitative estimate of drug-likeness (QED) is 0.296. The lowest BCUT2D eigenvalue weighted by atomic mass is 9.99. The largest absolute Gasteiger partial charge is 0.382 e. The lowest BCUT2D eigenvalue weighted by Gasteiger charge is -2.18. The van der Waals surface area contributed by atoms with Gasteiger partial charge in [-0.2, -0.15) is 5.26 Å². The molecule has 1 aromatic carbocycles. The average Bonchev–Trinajstić information content (AvgIpc) is 3.60. The van der Waals surface area contributed by atoms with E-state index in [9.17, 15) is 19.6 Å². The highest BCUT2D eigenvalue weighted by atomic mass is 32.1. The Labute approximate surface area is 239 Å². The fraction of sp³-hybridized carbons (Fsp3) is 0.367. The van der Waals surface area contributed by atoms with E-state index in [-0.39, 0.29) is 12.4 Å². The fourth-order valence-electron chi connectivity index (χ4n) is 3.53. The van der Waals surface area contributed by atoms with Crippen molar-refractivity contribution in [2.75, 3.05) is 19.0 Å². The number of benzene rings is 1. The predicted octanol–water partition coefficient (Wildman–Crippen LogP) is 5.91. The monoisotopic (exact) mass is 563 g/mol. The summed E-state index contributed by atoms with van der Waals surface area (Å²) in [6.07, 6.45) is 8.19. The van der Waals surface area contributed by atoms with Gasteiger partial charge in [0.05, 0.1) is 23.9 Å². The molecule has 3 rings (SSSR count). The van der Waals surface area contributed by atoms with Gasteiger partial charge < -0.3 is 19.9 Å². The first-order valence-corrected chi connectivity index (χ1v) is 13.8. The Balaban J connectivity index is 0.00000178. The smallest absolute Gasteiger partial charge is 0.253 e. The number of nitrogens with zero attached hydrogens (tertiary/aromatic N) is 3. The lowest BCUT2D eigenvalue weighted by molar-refractivity contribution is -0.119. The molecular formula is C30H37N5O4S. The van der Waals surface area contributed by atoms with E-state index in [4.69, 9.17) is 4.74 Å². The number of methoxy groups -OCH3 is 1. The molecule has 0 aliphatic rings. The fourth-order valence-corrected chi connectivity index (χ4v) is 4.25. The Bertz CT molecular complexity index is 1400. The predicted molar refractivity (Wildman–Crippen MR) is 159 cm³/mol. The van der Waals surface area contributed by atoms with Crippen LogP contribution in [0.25, 0.3) is 17.3 Å². The summed E-state index contributed by atoms with van der Waals surface area (Å²) in [4.78, 5) is 42.3. The number of carbonyl (C=O) groups excluding carboxylic acids is 3. The highest BCUT2D eigenvalue weighted by molar-refractivity contribution is 7.14. The minimum Gasteiger partial charge on any atom is -0.382 e. The molecule has 0 saturated carbocycles. The number of nitrogens with one attached hydrogen (secondary N) is 2. The van der Waals surface area contributed by atoms with Crippen molar-refractivity contribution in [3.63, 3.8) is 0 Å². The van der Waals surface area contributed by atoms with Crippen molar-refractivity contribution in [1.29, 1.82) is 5.26 Å². The number of allylic oxidation sites excluding steroid dienone is 1. The maximum atomic E-state index is 12.9. The van der Waals surface area contributed by atoms with Gasteiger partial charge in [0.15, 0.2) is 10.9 Å². The molecule has 40 heavy (non-hydrogen) atoms. The van der Waals surface area contributed by atoms with Crippen LogP contribution in [0.2, 0.25) is 0 Å². The zero-order valence-electron chi connectivity index (χ0n) is 24.1. The number of nitriles is 1. The van der Waals surface area contributed by atoms with Crippen LogP contribution >= 0.6 is 11.3 Å². The standard InChI is InChI=1S/C27H29N5O4S.C3H8/c1-6-7-18-8-9-19(12-21(18)17(2)33)23-15-37-26(30-23)31-25(35)22(14-36-5)29-24(34)20-10-11-32(13-20)27(3,4)16-28;1-3-2/h6-13,15,22H,14H2,1-5H3,(H,29,34)(H,30,31,35);3H2,1-2H3/b7-6-;. The van der Waals surface area contributed by atoms with E-state index >= 15 is 0 Å². The molecule has 1 unspecified atom stereocenters. The van der Waals surface area contributed by atoms with Crippen molar-refractivity contribution in [2.24, 2.45) is 0 Å². The van der Waals surface area contributed by atoms with Crippen LogP contribution in [0.3, 0.4) is 0 Å². The molecule has 0 spiro atoms. The Morgan fingerprint density at radius 3 is 2.55 bits per heavy atom. The van der Waals surface area contributed by atoms with Crippen LogP contribution in [-0.4, -0.2) is 46.9 Å². The van der Waals surface area contributed by atoms with Crippen LogP contribution in [0.5, 0.6) is 0 Å². The Hall–Kier alpha value is -4.07. The first-order chi connectivity index (χ1) is 19.0. The van der Waals surface area contributed by atoms with Gasteiger partial charge in [-0.25, -0.2) is 4.98 Å². The van der Waals surface area contributed by atoms with E-state index in [1.54, 1.807) is 48.3 Å². The molecule has 0 saturated heterocycles. The molecule has 2 amide bonds. The van der Waals surface area contributed by atoms with Gasteiger partial charge in [0.25, 0.3) is 11.8 Å². The number of hydrogen-bond acceptors (Lipinski definition) is 7. The number of ketones is 1. The molecule has 212 valence electrons. The van der Waals surface area contributed by atoms with Gasteiger partial charge in [0.1, 0.15) is 11.6 Å². The third-order valence-corrected chi connectivity index (χ3v) is 6.40. The molecule has 0 fully saturated rings. The van der Waals surface area contributed by atoms with Crippen molar-refractivity contribution < 1.29 is 19.1 Å². The highest BCUT2D eigenvalue weighted by Crippen LogP contribution is 2.27. The zero-order valence-corrected chi connectivity index (χ0v) is 24.9. The second-order valence-corrected chi connectivity index (χ2v) is 10.4. The van der Waals surface area contributed by atoms with E-state index < -0.39 is 23.4 Å². The van der Waals surface area contributed by atoms with E-state index in [1.807, 2.05) is 31.2 Å². The molecule has 0 bridgehead atoms. The maximum absolute atomic E-state index is 12.9. The number of Topliss-reactive ketones (excluding diaryl/α,β-unsaturated/α-hetero) is 1. The van der Waals surface area contributed by atoms with Crippen molar-refractivity contribution in [3.8, 4) is 17.3 Å². The maximum Gasteiger partial charge on any atom is 0.253 e. The third kappa shape index (κ3) is 8.46. The van der Waals surface area contributed by atoms with Crippen molar-refractivity contribution in [1.82, 2.24) is 14.9 Å². The summed E-state index contributed by atoms with van der Waals surface area (Å²) in [6, 6.07) is 8.30. The molecule has 0 radical (unpaired) electrons. The molecule has 2 aromatic heterocycles. The zero-order chi connectivity index (χ0) is 29.9. The first kappa shape index (κ1) is 32.1. The van der Waals surface area contributed by atoms with Gasteiger partial charge in [-0.05, 0) is 45.4 Å². The summed E-state index contributed by atoms with van der Waals surface area (Å²) in [7, 11) is 1.43. The number of anilines is 1. The van der Waals surface area contributed by atoms with Crippen molar-refractivity contribution in [2.45, 2.75) is 59.5 Å². The molecule has 1 atom stereocenters. The molecule has 2 heterocycles. The molecule has 0 aliphatic carbocycles. The van der Waals surface area contributed by atoms with Crippen LogP contribution in [0.4, 0.5) is 5.13 Å². The van der Waals surface area contributed by atoms with Crippen LogP contribution in [0, 0.1) is 11.3 Å². The van der Waals surface area contributed by atoms with E-state index in [0.717, 1.165) is 11.1 Å². The Morgan fingerprint density at radius 1 is 1.25 bits per heavy atom. The minimum absolute atomic E-state index is 0.0470. The van der Waals surface area contributed by atoms with Gasteiger partial charge >= 0.3 is 0 Å². The van der Waals surface area contributed by atoms with Crippen LogP contribution in [0.1, 0.15) is 74.2 Å². The molecule has 0 aliphatic heterocycles. The van der Waals surface area contributed by atoms with Crippen LogP contribution < -0.4 is 10.6 Å². The number of ether oxygens (including phenoxy) is 1. The van der Waals surface area contributed by atoms with Gasteiger partial charge in [-0.1, -0.05) is 44.6 Å². The number of thiazole rings is 1. The lowest BCUT2D eigenvalue weighted by Crippen LogP contribution is -2.46. The van der Waals surface area contributed by atoms with Gasteiger partial charge in [-0.3, -0.25) is 14.4 Å². The van der Waals surface area contributed by atoms with E-state index in [1.165, 1.54) is 31.8 Å². The van der Waals surface area contributed by atoms with E-state index in [0.29, 0.717) is 22.0 Å². The van der Waals surface area contributed by atoms with E-state index in [2.05, 4.69) is 35.5 Å². The molecular weight excluding hydrogens is 526 g/mol. The van der Waals surface area contributed by atoms with Crippen molar-refractivity contribution >= 4 is 40.1 Å². The summed E-state index contributed by atoms with van der Waals surface area (Å²) in [5, 5.41) is 16.8. The minimum atomic E-state index is -0.971. The number of carbonyl (C=O) groups is 3. The van der Waals surface area contributed by atoms with Gasteiger partial charge in [0, 0.05) is 36.0 Å². The topological polar surface area (TPSA) is 126 Å². The molecule has 2 N–H and O–H groups in total. The Morgan fingerprint density at radius 2 is 1.95 bits per heavy atom. The summed E-state index contributed by atoms with van der Waals surface area (Å²) in [5.74, 6) is -1.01. The normalized spacial score (nSPS) is 11.8. The van der Waals surface area contributed by atoms with Crippen LogP contribution in [-0.2, 0) is 15.1 Å². The second kappa shape index (κ2) is 14.9. The van der Waals surface area contributed by atoms with Crippen molar-refractivity contribution in [3.05, 3.63) is 64.8 Å². The number of aromatic nitrogens is 2. The molecule has 9 nitrogen and oxygen atoms in total. The summed E-state index contributed by atoms with van der Waals surface area (Å²) in [6.45, 7) is 11.1. The average molecular weight is 564 g/mol. The third-order valence-electron chi connectivity index (χ3n) is 5.64. The summed E-state index contributed by atoms with van der Waals surface area (Å²) in [5.41, 5.74) is 2.28. The van der Waals surface area contributed by atoms with Crippen LogP contribution in [0.15, 0.2) is 48.1 Å². The second-order valence-electron chi connectivity index (χ2n) is 9.55. The SMILES string of the molecule is C/C=C\c1ccc(-c2csc(NC(=O)C(COC)NC(=O)c3ccn(C(C)(C)C#N)c3)n2)cc1C(C)=O.CCC. The number of amides is 2. The molecule has 3 aromatic rings. The van der Waals surface area contributed by atoms with Gasteiger partial charge in [-0.15, -0.1) is 11.3 Å². The number of hydrogen-bond donors (Lipinski definition) is 2. The Kier molecular flexibility index (Phi) is 12.0.